The second-order valence-electron chi connectivity index (χ2n) is 4.43. The summed E-state index contributed by atoms with van der Waals surface area (Å²) in [5.74, 6) is 0. The highest BCUT2D eigenvalue weighted by molar-refractivity contribution is 4.75. The second-order valence-corrected chi connectivity index (χ2v) is 4.43. The fourth-order valence-electron chi connectivity index (χ4n) is 1.66. The Labute approximate surface area is 101 Å². The van der Waals surface area contributed by atoms with Crippen LogP contribution in [-0.2, 0) is 4.74 Å². The van der Waals surface area contributed by atoms with Crippen molar-refractivity contribution in [2.24, 2.45) is 0 Å². The topological polar surface area (TPSA) is 24.5 Å². The Kier molecular flexibility index (Phi) is 7.74. The van der Waals surface area contributed by atoms with Gasteiger partial charge in [-0.3, -0.25) is 4.90 Å². The third-order valence-corrected chi connectivity index (χ3v) is 2.51. The van der Waals surface area contributed by atoms with E-state index < -0.39 is 12.7 Å². The zero-order valence-electron chi connectivity index (χ0n) is 11.0. The van der Waals surface area contributed by atoms with Crippen LogP contribution in [0.1, 0.15) is 20.8 Å². The van der Waals surface area contributed by atoms with Gasteiger partial charge in [0.25, 0.3) is 0 Å². The molecule has 17 heavy (non-hydrogen) atoms. The van der Waals surface area contributed by atoms with E-state index in [1.807, 2.05) is 0 Å². The highest BCUT2D eigenvalue weighted by Crippen LogP contribution is 2.19. The van der Waals surface area contributed by atoms with Crippen molar-refractivity contribution in [1.82, 2.24) is 10.2 Å². The first-order valence-electron chi connectivity index (χ1n) is 5.80. The normalized spacial score (nSPS) is 14.6. The molecule has 0 saturated carbocycles. The minimum atomic E-state index is -4.15. The summed E-state index contributed by atoms with van der Waals surface area (Å²) < 4.78 is 42.0. The van der Waals surface area contributed by atoms with Gasteiger partial charge >= 0.3 is 6.18 Å². The van der Waals surface area contributed by atoms with Gasteiger partial charge in [-0.05, 0) is 20.8 Å². The molecule has 0 bridgehead atoms. The second kappa shape index (κ2) is 7.89. The van der Waals surface area contributed by atoms with Gasteiger partial charge in [-0.2, -0.15) is 13.2 Å². The molecule has 0 aliphatic heterocycles. The molecule has 0 aliphatic carbocycles. The molecule has 1 atom stereocenters. The fourth-order valence-corrected chi connectivity index (χ4v) is 1.66. The molecule has 0 aromatic carbocycles. The van der Waals surface area contributed by atoms with Crippen molar-refractivity contribution < 1.29 is 17.9 Å². The van der Waals surface area contributed by atoms with E-state index in [1.54, 1.807) is 27.9 Å². The van der Waals surface area contributed by atoms with Crippen LogP contribution in [0.3, 0.4) is 0 Å². The first-order valence-corrected chi connectivity index (χ1v) is 5.80. The van der Waals surface area contributed by atoms with E-state index in [9.17, 15) is 13.2 Å². The monoisotopic (exact) mass is 256 g/mol. The highest BCUT2D eigenvalue weighted by Gasteiger charge is 2.33. The van der Waals surface area contributed by atoms with Crippen LogP contribution >= 0.6 is 0 Å². The van der Waals surface area contributed by atoms with Crippen LogP contribution in [0.25, 0.3) is 0 Å². The molecule has 0 radical (unpaired) electrons. The van der Waals surface area contributed by atoms with Gasteiger partial charge in [-0.1, -0.05) is 0 Å². The molecule has 0 aromatic heterocycles. The molecule has 0 spiro atoms. The van der Waals surface area contributed by atoms with Gasteiger partial charge in [-0.15, -0.1) is 0 Å². The van der Waals surface area contributed by atoms with Crippen LogP contribution in [0.15, 0.2) is 0 Å². The van der Waals surface area contributed by atoms with Gasteiger partial charge in [0.05, 0.1) is 13.2 Å². The molecule has 0 amide bonds. The maximum Gasteiger partial charge on any atom is 0.401 e. The van der Waals surface area contributed by atoms with E-state index in [1.165, 1.54) is 4.90 Å². The predicted octanol–water partition coefficient (Wildman–Crippen LogP) is 1.88. The minimum absolute atomic E-state index is 0.129. The number of alkyl halides is 3. The Morgan fingerprint density at radius 2 is 1.82 bits per heavy atom. The van der Waals surface area contributed by atoms with Crippen LogP contribution in [0.4, 0.5) is 13.2 Å². The standard InChI is InChI=1S/C11H23F3N2O/c1-9(2)16(8-11(12,13)14)10(3)7-15-5-6-17-4/h9-10,15H,5-8H2,1-4H3. The number of nitrogens with zero attached hydrogens (tertiary/aromatic N) is 1. The average molecular weight is 256 g/mol. The lowest BCUT2D eigenvalue weighted by Gasteiger charge is -2.33. The maximum absolute atomic E-state index is 12.4. The molecule has 104 valence electrons. The molecule has 0 saturated heterocycles. The molecule has 0 aromatic rings. The number of nitrogens with one attached hydrogen (secondary N) is 1. The third kappa shape index (κ3) is 8.40. The van der Waals surface area contributed by atoms with Crippen LogP contribution in [0.2, 0.25) is 0 Å². The summed E-state index contributed by atoms with van der Waals surface area (Å²) in [6.07, 6.45) is -4.15. The van der Waals surface area contributed by atoms with Crippen LogP contribution < -0.4 is 5.32 Å². The van der Waals surface area contributed by atoms with E-state index in [2.05, 4.69) is 5.32 Å². The predicted molar refractivity (Wildman–Crippen MR) is 62.1 cm³/mol. The average Bonchev–Trinajstić information content (AvgIpc) is 2.19. The van der Waals surface area contributed by atoms with E-state index >= 15 is 0 Å². The number of hydrogen-bond donors (Lipinski definition) is 1. The Hall–Kier alpha value is -0.330. The minimum Gasteiger partial charge on any atom is -0.383 e. The first kappa shape index (κ1) is 16.7. The van der Waals surface area contributed by atoms with Gasteiger partial charge in [0.15, 0.2) is 0 Å². The molecule has 0 rings (SSSR count). The van der Waals surface area contributed by atoms with E-state index in [4.69, 9.17) is 4.74 Å². The highest BCUT2D eigenvalue weighted by atomic mass is 19.4. The summed E-state index contributed by atoms with van der Waals surface area (Å²) in [6.45, 7) is 6.22. The zero-order chi connectivity index (χ0) is 13.5. The SMILES string of the molecule is COCCNCC(C)N(CC(F)(F)F)C(C)C. The van der Waals surface area contributed by atoms with Gasteiger partial charge in [0, 0.05) is 32.3 Å². The van der Waals surface area contributed by atoms with E-state index in [0.717, 1.165) is 0 Å². The van der Waals surface area contributed by atoms with Crippen molar-refractivity contribution in [2.75, 3.05) is 33.4 Å². The molecule has 0 heterocycles. The smallest absolute Gasteiger partial charge is 0.383 e. The zero-order valence-corrected chi connectivity index (χ0v) is 11.0. The Bertz CT molecular complexity index is 198. The summed E-state index contributed by atoms with van der Waals surface area (Å²) in [5.41, 5.74) is 0. The van der Waals surface area contributed by atoms with Crippen molar-refractivity contribution in [3.8, 4) is 0 Å². The molecule has 6 heteroatoms. The first-order chi connectivity index (χ1) is 7.78. The number of ether oxygens (including phenoxy) is 1. The molecule has 0 aliphatic rings. The summed E-state index contributed by atoms with van der Waals surface area (Å²) in [4.78, 5) is 1.44. The van der Waals surface area contributed by atoms with Crippen LogP contribution in [0, 0.1) is 0 Å². The van der Waals surface area contributed by atoms with Gasteiger partial charge in [0.1, 0.15) is 0 Å². The quantitative estimate of drug-likeness (QED) is 0.671. The lowest BCUT2D eigenvalue weighted by atomic mass is 10.2. The number of methoxy groups -OCH3 is 1. The number of rotatable bonds is 8. The lowest BCUT2D eigenvalue weighted by molar-refractivity contribution is -0.154. The lowest BCUT2D eigenvalue weighted by Crippen LogP contribution is -2.48. The van der Waals surface area contributed by atoms with Crippen molar-refractivity contribution in [1.29, 1.82) is 0 Å². The van der Waals surface area contributed by atoms with E-state index in [0.29, 0.717) is 19.7 Å². The number of hydrogen-bond acceptors (Lipinski definition) is 3. The Morgan fingerprint density at radius 1 is 1.24 bits per heavy atom. The molecule has 1 N–H and O–H groups in total. The summed E-state index contributed by atoms with van der Waals surface area (Å²) in [5, 5.41) is 3.07. The maximum atomic E-state index is 12.4. The van der Waals surface area contributed by atoms with Crippen LogP contribution in [-0.4, -0.2) is 56.5 Å². The fraction of sp³-hybridized carbons (Fsp3) is 1.00. The van der Waals surface area contributed by atoms with Gasteiger partial charge in [0.2, 0.25) is 0 Å². The molecule has 3 nitrogen and oxygen atoms in total. The van der Waals surface area contributed by atoms with Gasteiger partial charge in [-0.25, -0.2) is 0 Å². The Balaban J connectivity index is 4.11. The van der Waals surface area contributed by atoms with Crippen molar-refractivity contribution >= 4 is 0 Å². The molecular weight excluding hydrogens is 233 g/mol. The number of halogens is 3. The third-order valence-electron chi connectivity index (χ3n) is 2.51. The van der Waals surface area contributed by atoms with Gasteiger partial charge < -0.3 is 10.1 Å². The van der Waals surface area contributed by atoms with Crippen LogP contribution in [0.5, 0.6) is 0 Å². The molecule has 1 unspecified atom stereocenters. The summed E-state index contributed by atoms with van der Waals surface area (Å²) >= 11 is 0. The van der Waals surface area contributed by atoms with Crippen molar-refractivity contribution in [2.45, 2.75) is 39.0 Å². The largest absolute Gasteiger partial charge is 0.401 e. The van der Waals surface area contributed by atoms with Crippen molar-refractivity contribution in [3.05, 3.63) is 0 Å². The molecule has 0 fully saturated rings. The van der Waals surface area contributed by atoms with Crippen molar-refractivity contribution in [3.63, 3.8) is 0 Å². The molecular formula is C11H23F3N2O. The Morgan fingerprint density at radius 3 is 2.24 bits per heavy atom. The summed E-state index contributed by atoms with van der Waals surface area (Å²) in [7, 11) is 1.59. The van der Waals surface area contributed by atoms with E-state index in [-0.39, 0.29) is 12.1 Å². The summed E-state index contributed by atoms with van der Waals surface area (Å²) in [6, 6.07) is -0.288.